The first-order valence-corrected chi connectivity index (χ1v) is 13.7. The number of benzene rings is 3. The van der Waals surface area contributed by atoms with Crippen LogP contribution < -0.4 is 0 Å². The fourth-order valence-electron chi connectivity index (χ4n) is 6.95. The molecule has 1 aliphatic carbocycles. The molecule has 0 radical (unpaired) electrons. The molecule has 4 nitrogen and oxygen atoms in total. The molecule has 0 N–H and O–H groups in total. The Balaban J connectivity index is 1.14. The van der Waals surface area contributed by atoms with Crippen LogP contribution in [-0.2, 0) is 16.0 Å². The average molecular weight is 494 g/mol. The van der Waals surface area contributed by atoms with Gasteiger partial charge in [-0.15, -0.1) is 0 Å². The monoisotopic (exact) mass is 493 g/mol. The van der Waals surface area contributed by atoms with E-state index in [1.165, 1.54) is 33.4 Å². The van der Waals surface area contributed by atoms with Crippen molar-refractivity contribution in [2.75, 3.05) is 6.61 Å². The van der Waals surface area contributed by atoms with Crippen LogP contribution in [0, 0.1) is 19.8 Å². The molecule has 3 aliphatic rings. The van der Waals surface area contributed by atoms with Crippen LogP contribution in [0.15, 0.2) is 66.7 Å². The molecule has 2 fully saturated rings. The topological polar surface area (TPSA) is 46.6 Å². The van der Waals surface area contributed by atoms with Gasteiger partial charge in [-0.3, -0.25) is 4.79 Å². The Hall–Kier alpha value is -3.40. The number of nitrogens with zero attached hydrogens (tertiary/aromatic N) is 1. The van der Waals surface area contributed by atoms with E-state index >= 15 is 0 Å². The summed E-state index contributed by atoms with van der Waals surface area (Å²) < 4.78 is 6.04. The third-order valence-corrected chi connectivity index (χ3v) is 9.06. The first-order chi connectivity index (χ1) is 18.0. The quantitative estimate of drug-likeness (QED) is 0.385. The number of fused-ring (bicyclic) bond motifs is 5. The van der Waals surface area contributed by atoms with Gasteiger partial charge >= 0.3 is 6.09 Å². The Bertz CT molecular complexity index is 1290. The van der Waals surface area contributed by atoms with Gasteiger partial charge in [0.25, 0.3) is 0 Å². The van der Waals surface area contributed by atoms with Gasteiger partial charge in [0.1, 0.15) is 12.4 Å². The molecule has 0 aromatic heterocycles. The molecule has 2 unspecified atom stereocenters. The van der Waals surface area contributed by atoms with Crippen molar-refractivity contribution in [2.45, 2.75) is 70.4 Å². The van der Waals surface area contributed by atoms with Gasteiger partial charge in [-0.2, -0.15) is 0 Å². The van der Waals surface area contributed by atoms with Crippen molar-refractivity contribution >= 4 is 11.9 Å². The number of rotatable bonds is 5. The summed E-state index contributed by atoms with van der Waals surface area (Å²) in [6.45, 7) is 4.55. The summed E-state index contributed by atoms with van der Waals surface area (Å²) in [5, 5.41) is 0. The smallest absolute Gasteiger partial charge is 0.410 e. The zero-order valence-corrected chi connectivity index (χ0v) is 21.8. The lowest BCUT2D eigenvalue weighted by Gasteiger charge is -2.47. The number of Topliss-reactive ketones (excluding diaryl/α,β-unsaturated/α-hetero) is 1. The van der Waals surface area contributed by atoms with Crippen LogP contribution in [0.25, 0.3) is 11.1 Å². The molecule has 6 rings (SSSR count). The van der Waals surface area contributed by atoms with Crippen molar-refractivity contribution in [1.29, 1.82) is 0 Å². The van der Waals surface area contributed by atoms with Gasteiger partial charge < -0.3 is 9.64 Å². The lowest BCUT2D eigenvalue weighted by atomic mass is 9.76. The molecule has 2 saturated heterocycles. The number of ether oxygens (including phenoxy) is 1. The van der Waals surface area contributed by atoms with Gasteiger partial charge in [0.15, 0.2) is 0 Å². The van der Waals surface area contributed by atoms with E-state index in [0.717, 1.165) is 37.7 Å². The highest BCUT2D eigenvalue weighted by molar-refractivity contribution is 5.84. The fraction of sp³-hybridized carbons (Fsp3) is 0.394. The highest BCUT2D eigenvalue weighted by Gasteiger charge is 2.44. The van der Waals surface area contributed by atoms with Gasteiger partial charge in [0, 0.05) is 30.3 Å². The van der Waals surface area contributed by atoms with Gasteiger partial charge in [0.05, 0.1) is 0 Å². The summed E-state index contributed by atoms with van der Waals surface area (Å²) in [5.41, 5.74) is 8.51. The average Bonchev–Trinajstić information content (AvgIpc) is 3.23. The van der Waals surface area contributed by atoms with Crippen LogP contribution in [0.3, 0.4) is 0 Å². The molecule has 2 bridgehead atoms. The summed E-state index contributed by atoms with van der Waals surface area (Å²) in [6, 6.07) is 23.3. The Morgan fingerprint density at radius 3 is 2.11 bits per heavy atom. The summed E-state index contributed by atoms with van der Waals surface area (Å²) in [6.07, 6.45) is 4.80. The molecule has 190 valence electrons. The van der Waals surface area contributed by atoms with Gasteiger partial charge in [-0.05, 0) is 84.9 Å². The minimum atomic E-state index is -0.211. The van der Waals surface area contributed by atoms with Crippen molar-refractivity contribution in [1.82, 2.24) is 4.90 Å². The molecule has 0 spiro atoms. The predicted molar refractivity (Wildman–Crippen MR) is 146 cm³/mol. The molecule has 4 heteroatoms. The molecular weight excluding hydrogens is 458 g/mol. The van der Waals surface area contributed by atoms with E-state index in [1.807, 2.05) is 11.0 Å². The number of carbonyl (C=O) groups excluding carboxylic acids is 2. The first kappa shape index (κ1) is 24.0. The minimum absolute atomic E-state index is 0.0212. The summed E-state index contributed by atoms with van der Waals surface area (Å²) in [5.74, 6) is 0.401. The number of hydrogen-bond donors (Lipinski definition) is 0. The summed E-state index contributed by atoms with van der Waals surface area (Å²) in [7, 11) is 0. The van der Waals surface area contributed by atoms with Gasteiger partial charge in [-0.25, -0.2) is 4.79 Å². The maximum absolute atomic E-state index is 13.5. The van der Waals surface area contributed by atoms with Crippen LogP contribution in [0.2, 0.25) is 0 Å². The van der Waals surface area contributed by atoms with Gasteiger partial charge in [-0.1, -0.05) is 66.7 Å². The Labute approximate surface area is 219 Å². The zero-order valence-electron chi connectivity index (χ0n) is 21.8. The van der Waals surface area contributed by atoms with E-state index in [9.17, 15) is 9.59 Å². The number of aryl methyl sites for hydroxylation is 1. The molecule has 3 aromatic rings. The Kier molecular flexibility index (Phi) is 6.36. The summed E-state index contributed by atoms with van der Waals surface area (Å²) >= 11 is 0. The van der Waals surface area contributed by atoms with E-state index in [1.54, 1.807) is 0 Å². The lowest BCUT2D eigenvalue weighted by Crippen LogP contribution is -2.56. The summed E-state index contributed by atoms with van der Waals surface area (Å²) in [4.78, 5) is 28.8. The molecule has 2 heterocycles. The second kappa shape index (κ2) is 9.81. The molecule has 0 saturated carbocycles. The molecule has 1 amide bonds. The third-order valence-electron chi connectivity index (χ3n) is 9.06. The van der Waals surface area contributed by atoms with Crippen LogP contribution in [-0.4, -0.2) is 35.5 Å². The highest BCUT2D eigenvalue weighted by atomic mass is 16.6. The van der Waals surface area contributed by atoms with E-state index < -0.39 is 0 Å². The molecular formula is C33H35NO3. The molecule has 2 atom stereocenters. The number of ketones is 1. The van der Waals surface area contributed by atoms with Crippen molar-refractivity contribution < 1.29 is 14.3 Å². The van der Waals surface area contributed by atoms with E-state index in [0.29, 0.717) is 18.8 Å². The van der Waals surface area contributed by atoms with Crippen molar-refractivity contribution in [3.63, 3.8) is 0 Å². The second-order valence-electron chi connectivity index (χ2n) is 11.1. The highest BCUT2D eigenvalue weighted by Crippen LogP contribution is 2.45. The fourth-order valence-corrected chi connectivity index (χ4v) is 6.95. The molecule has 3 aromatic carbocycles. The standard InChI is InChI=1S/C33H35NO3/c1-21-9-7-10-23(22(21)2)19-32(35)24-17-25-11-8-12-26(18-24)34(25)33(36)37-20-31-29-15-5-3-13-27(29)28-14-4-6-16-30(28)31/h3-7,9-10,13-16,24-26,31H,8,11-12,17-20H2,1-2H3. The maximum atomic E-state index is 13.5. The Morgan fingerprint density at radius 1 is 0.838 bits per heavy atom. The largest absolute Gasteiger partial charge is 0.448 e. The second-order valence-corrected chi connectivity index (χ2v) is 11.1. The number of amides is 1. The minimum Gasteiger partial charge on any atom is -0.448 e. The van der Waals surface area contributed by atoms with Crippen LogP contribution >= 0.6 is 0 Å². The maximum Gasteiger partial charge on any atom is 0.410 e. The number of carbonyl (C=O) groups is 2. The van der Waals surface area contributed by atoms with E-state index in [-0.39, 0.29) is 30.0 Å². The SMILES string of the molecule is Cc1cccc(CC(=O)C2CC3CCCC(C2)N3C(=O)OCC2c3ccccc3-c3ccccc32)c1C. The third kappa shape index (κ3) is 4.37. The van der Waals surface area contributed by atoms with Crippen molar-refractivity contribution in [3.05, 3.63) is 94.5 Å². The first-order valence-electron chi connectivity index (χ1n) is 13.7. The van der Waals surface area contributed by atoms with Crippen LogP contribution in [0.5, 0.6) is 0 Å². The van der Waals surface area contributed by atoms with Gasteiger partial charge in [0.2, 0.25) is 0 Å². The molecule has 2 aliphatic heterocycles. The van der Waals surface area contributed by atoms with E-state index in [2.05, 4.69) is 74.5 Å². The van der Waals surface area contributed by atoms with Crippen molar-refractivity contribution in [2.24, 2.45) is 5.92 Å². The van der Waals surface area contributed by atoms with Crippen LogP contribution in [0.1, 0.15) is 65.8 Å². The lowest BCUT2D eigenvalue weighted by molar-refractivity contribution is -0.126. The predicted octanol–water partition coefficient (Wildman–Crippen LogP) is 7.00. The van der Waals surface area contributed by atoms with Crippen LogP contribution in [0.4, 0.5) is 4.79 Å². The normalized spacial score (nSPS) is 22.3. The molecule has 37 heavy (non-hydrogen) atoms. The zero-order chi connectivity index (χ0) is 25.5. The Morgan fingerprint density at radius 2 is 1.46 bits per heavy atom. The number of piperidine rings is 2. The number of hydrogen-bond acceptors (Lipinski definition) is 3. The van der Waals surface area contributed by atoms with Crippen molar-refractivity contribution in [3.8, 4) is 11.1 Å². The van der Waals surface area contributed by atoms with E-state index in [4.69, 9.17) is 4.74 Å².